The van der Waals surface area contributed by atoms with Gasteiger partial charge in [0, 0.05) is 23.4 Å². The number of hydrogen-bond donors (Lipinski definition) is 0. The smallest absolute Gasteiger partial charge is 0.416 e. The van der Waals surface area contributed by atoms with Crippen LogP contribution in [0.4, 0.5) is 13.2 Å². The maximum atomic E-state index is 12.7. The molecule has 2 aromatic carbocycles. The van der Waals surface area contributed by atoms with Gasteiger partial charge in [0.1, 0.15) is 5.58 Å². The van der Waals surface area contributed by atoms with Crippen molar-refractivity contribution in [2.24, 2.45) is 0 Å². The third-order valence-electron chi connectivity index (χ3n) is 3.87. The molecule has 0 saturated heterocycles. The minimum absolute atomic E-state index is 0.374. The molecule has 0 spiro atoms. The quantitative estimate of drug-likeness (QED) is 0.483. The number of benzene rings is 2. The van der Waals surface area contributed by atoms with Gasteiger partial charge in [0.2, 0.25) is 11.8 Å². The number of aryl methyl sites for hydroxylation is 1. The van der Waals surface area contributed by atoms with Gasteiger partial charge in [-0.2, -0.15) is 13.2 Å². The summed E-state index contributed by atoms with van der Waals surface area (Å²) >= 11 is 0. The van der Waals surface area contributed by atoms with E-state index < -0.39 is 11.7 Å². The first-order valence-electron chi connectivity index (χ1n) is 7.41. The van der Waals surface area contributed by atoms with Crippen molar-refractivity contribution in [2.75, 3.05) is 0 Å². The van der Waals surface area contributed by atoms with Crippen molar-refractivity contribution in [3.63, 3.8) is 0 Å². The second-order valence-electron chi connectivity index (χ2n) is 5.56. The van der Waals surface area contributed by atoms with E-state index in [4.69, 9.17) is 8.83 Å². The molecule has 0 N–H and O–H groups in total. The molecule has 4 aromatic rings. The zero-order valence-corrected chi connectivity index (χ0v) is 13.0. The van der Waals surface area contributed by atoms with Crippen molar-refractivity contribution < 1.29 is 22.0 Å². The molecule has 0 saturated carbocycles. The van der Waals surface area contributed by atoms with Crippen molar-refractivity contribution in [1.82, 2.24) is 10.2 Å². The molecule has 4 nitrogen and oxygen atoms in total. The van der Waals surface area contributed by atoms with Crippen LogP contribution in [0.15, 0.2) is 57.6 Å². The number of alkyl halides is 3. The van der Waals surface area contributed by atoms with Crippen LogP contribution in [-0.2, 0) is 6.18 Å². The monoisotopic (exact) mass is 344 g/mol. The summed E-state index contributed by atoms with van der Waals surface area (Å²) in [7, 11) is 0. The molecular formula is C18H11F3N2O2. The fourth-order valence-electron chi connectivity index (χ4n) is 2.64. The van der Waals surface area contributed by atoms with Gasteiger partial charge in [-0.3, -0.25) is 0 Å². The predicted molar refractivity (Wildman–Crippen MR) is 84.7 cm³/mol. The first-order chi connectivity index (χ1) is 11.9. The van der Waals surface area contributed by atoms with Crippen LogP contribution in [0.1, 0.15) is 11.5 Å². The molecule has 2 heterocycles. The summed E-state index contributed by atoms with van der Waals surface area (Å²) in [4.78, 5) is 0. The highest BCUT2D eigenvalue weighted by Gasteiger charge is 2.30. The molecule has 4 rings (SSSR count). The van der Waals surface area contributed by atoms with Crippen molar-refractivity contribution in [3.05, 3.63) is 60.2 Å². The van der Waals surface area contributed by atoms with Gasteiger partial charge >= 0.3 is 6.18 Å². The van der Waals surface area contributed by atoms with Crippen LogP contribution in [0.5, 0.6) is 0 Å². The molecule has 126 valence electrons. The van der Waals surface area contributed by atoms with Crippen LogP contribution < -0.4 is 0 Å². The van der Waals surface area contributed by atoms with Crippen LogP contribution in [0, 0.1) is 6.92 Å². The predicted octanol–water partition coefficient (Wildman–Crippen LogP) is 5.48. The number of nitrogens with zero attached hydrogens (tertiary/aromatic N) is 2. The molecule has 0 aliphatic heterocycles. The number of furan rings is 1. The Morgan fingerprint density at radius 3 is 2.28 bits per heavy atom. The standard InChI is InChI=1S/C18H11F3N2O2/c1-10-22-23-17(25-10)12-4-7-16-14(8-12)15(9-24-16)11-2-5-13(6-3-11)18(19,20)21/h2-9H,1H3. The summed E-state index contributed by atoms with van der Waals surface area (Å²) in [6, 6.07) is 10.3. The summed E-state index contributed by atoms with van der Waals surface area (Å²) in [5.74, 6) is 0.823. The topological polar surface area (TPSA) is 52.1 Å². The fraction of sp³-hybridized carbons (Fsp3) is 0.111. The number of rotatable bonds is 2. The van der Waals surface area contributed by atoms with Crippen LogP contribution in [0.25, 0.3) is 33.6 Å². The molecule has 7 heteroatoms. The molecule has 0 bridgehead atoms. The average molecular weight is 344 g/mol. The van der Waals surface area contributed by atoms with Gasteiger partial charge < -0.3 is 8.83 Å². The van der Waals surface area contributed by atoms with E-state index in [1.54, 1.807) is 19.1 Å². The summed E-state index contributed by atoms with van der Waals surface area (Å²) in [6.07, 6.45) is -2.84. The lowest BCUT2D eigenvalue weighted by atomic mass is 10.0. The van der Waals surface area contributed by atoms with E-state index in [-0.39, 0.29) is 0 Å². The Morgan fingerprint density at radius 2 is 1.64 bits per heavy atom. The largest absolute Gasteiger partial charge is 0.464 e. The molecule has 0 atom stereocenters. The highest BCUT2D eigenvalue weighted by atomic mass is 19.4. The fourth-order valence-corrected chi connectivity index (χ4v) is 2.64. The Balaban J connectivity index is 1.79. The highest BCUT2D eigenvalue weighted by Crippen LogP contribution is 2.35. The molecule has 0 aliphatic carbocycles. The van der Waals surface area contributed by atoms with Crippen molar-refractivity contribution >= 4 is 11.0 Å². The maximum Gasteiger partial charge on any atom is 0.416 e. The normalized spacial score (nSPS) is 12.0. The lowest BCUT2D eigenvalue weighted by Crippen LogP contribution is -2.03. The minimum Gasteiger partial charge on any atom is -0.464 e. The summed E-state index contributed by atoms with van der Waals surface area (Å²) < 4.78 is 49.1. The zero-order chi connectivity index (χ0) is 17.6. The number of aromatic nitrogens is 2. The number of fused-ring (bicyclic) bond motifs is 1. The minimum atomic E-state index is -4.36. The van der Waals surface area contributed by atoms with Crippen molar-refractivity contribution in [3.8, 4) is 22.6 Å². The lowest BCUT2D eigenvalue weighted by Gasteiger charge is -2.07. The van der Waals surface area contributed by atoms with Crippen LogP contribution in [0.3, 0.4) is 0 Å². The summed E-state index contributed by atoms with van der Waals surface area (Å²) in [6.45, 7) is 1.69. The van der Waals surface area contributed by atoms with Crippen molar-refractivity contribution in [2.45, 2.75) is 13.1 Å². The van der Waals surface area contributed by atoms with Gasteiger partial charge in [-0.1, -0.05) is 12.1 Å². The Morgan fingerprint density at radius 1 is 0.920 bits per heavy atom. The first kappa shape index (κ1) is 15.4. The highest BCUT2D eigenvalue weighted by molar-refractivity contribution is 5.96. The molecule has 0 radical (unpaired) electrons. The van der Waals surface area contributed by atoms with Gasteiger partial charge in [0.25, 0.3) is 0 Å². The van der Waals surface area contributed by atoms with E-state index >= 15 is 0 Å². The average Bonchev–Trinajstić information content (AvgIpc) is 3.19. The summed E-state index contributed by atoms with van der Waals surface area (Å²) in [5, 5.41) is 8.53. The molecule has 25 heavy (non-hydrogen) atoms. The van der Waals surface area contributed by atoms with Gasteiger partial charge in [-0.25, -0.2) is 0 Å². The van der Waals surface area contributed by atoms with Gasteiger partial charge in [0.05, 0.1) is 11.8 Å². The molecular weight excluding hydrogens is 333 g/mol. The lowest BCUT2D eigenvalue weighted by molar-refractivity contribution is -0.137. The maximum absolute atomic E-state index is 12.7. The van der Waals surface area contributed by atoms with Crippen molar-refractivity contribution in [1.29, 1.82) is 0 Å². The van der Waals surface area contributed by atoms with Crippen LogP contribution >= 0.6 is 0 Å². The first-order valence-corrected chi connectivity index (χ1v) is 7.41. The Kier molecular flexibility index (Phi) is 3.38. The third-order valence-corrected chi connectivity index (χ3v) is 3.87. The zero-order valence-electron chi connectivity index (χ0n) is 13.0. The second kappa shape index (κ2) is 5.47. The number of hydrogen-bond acceptors (Lipinski definition) is 4. The van der Waals surface area contributed by atoms with Gasteiger partial charge in [0.15, 0.2) is 0 Å². The van der Waals surface area contributed by atoms with E-state index in [0.29, 0.717) is 34.1 Å². The van der Waals surface area contributed by atoms with Gasteiger partial charge in [-0.15, -0.1) is 10.2 Å². The van der Waals surface area contributed by atoms with E-state index in [9.17, 15) is 13.2 Å². The van der Waals surface area contributed by atoms with Crippen LogP contribution in [0.2, 0.25) is 0 Å². The molecule has 0 fully saturated rings. The van der Waals surface area contributed by atoms with Gasteiger partial charge in [-0.05, 0) is 35.9 Å². The third kappa shape index (κ3) is 2.77. The molecule has 0 amide bonds. The van der Waals surface area contributed by atoms with E-state index in [0.717, 1.165) is 17.5 Å². The van der Waals surface area contributed by atoms with E-state index in [1.807, 2.05) is 6.07 Å². The second-order valence-corrected chi connectivity index (χ2v) is 5.56. The molecule has 2 aromatic heterocycles. The Hall–Kier alpha value is -3.09. The molecule has 0 aliphatic rings. The van der Waals surface area contributed by atoms with E-state index in [1.165, 1.54) is 18.4 Å². The number of halogens is 3. The Labute approximate surface area is 139 Å². The Bertz CT molecular complexity index is 1050. The SMILES string of the molecule is Cc1nnc(-c2ccc3occ(-c4ccc(C(F)(F)F)cc4)c3c2)o1. The molecule has 0 unspecified atom stereocenters. The van der Waals surface area contributed by atoms with Crippen LogP contribution in [-0.4, -0.2) is 10.2 Å². The summed E-state index contributed by atoms with van der Waals surface area (Å²) in [5.41, 5.74) is 1.97. The van der Waals surface area contributed by atoms with E-state index in [2.05, 4.69) is 10.2 Å².